The quantitative estimate of drug-likeness (QED) is 0.156. The molecule has 178 valence electrons. The zero-order valence-corrected chi connectivity index (χ0v) is 19.3. The third kappa shape index (κ3) is 6.75. The molecule has 12 heteroatoms. The highest BCUT2D eigenvalue weighted by Crippen LogP contribution is 2.32. The van der Waals surface area contributed by atoms with Crippen LogP contribution in [-0.2, 0) is 19.6 Å². The molecule has 33 heavy (non-hydrogen) atoms. The van der Waals surface area contributed by atoms with Gasteiger partial charge < -0.3 is 25.8 Å². The van der Waals surface area contributed by atoms with Crippen molar-refractivity contribution in [1.82, 2.24) is 4.72 Å². The topological polar surface area (TPSA) is 166 Å². The van der Waals surface area contributed by atoms with Crippen molar-refractivity contribution in [3.63, 3.8) is 0 Å². The number of nitrogens with zero attached hydrogens (tertiary/aromatic N) is 2. The highest BCUT2D eigenvalue weighted by atomic mass is 32.2. The SMILES string of the molecule is CCOc1cccc(C(=O)OC(=O)CC(N)NS(=O)(=O)c2ccccc2)c1N(C)C(N)=NC. The maximum Gasteiger partial charge on any atom is 0.348 e. The van der Waals surface area contributed by atoms with Gasteiger partial charge >= 0.3 is 11.9 Å². The molecule has 1 unspecified atom stereocenters. The average Bonchev–Trinajstić information content (AvgIpc) is 2.78. The second-order valence-corrected chi connectivity index (χ2v) is 8.45. The molecule has 0 fully saturated rings. The molecule has 0 saturated carbocycles. The summed E-state index contributed by atoms with van der Waals surface area (Å²) in [5, 5.41) is 0. The molecular weight excluding hydrogens is 450 g/mol. The number of carbonyl (C=O) groups is 2. The minimum atomic E-state index is -3.95. The minimum Gasteiger partial charge on any atom is -0.492 e. The van der Waals surface area contributed by atoms with Crippen molar-refractivity contribution in [2.24, 2.45) is 16.5 Å². The van der Waals surface area contributed by atoms with E-state index in [0.717, 1.165) is 0 Å². The number of rotatable bonds is 9. The molecule has 5 N–H and O–H groups in total. The van der Waals surface area contributed by atoms with E-state index in [1.165, 1.54) is 30.1 Å². The number of sulfonamides is 1. The highest BCUT2D eigenvalue weighted by Gasteiger charge is 2.25. The molecule has 0 spiro atoms. The molecule has 1 atom stereocenters. The normalized spacial score (nSPS) is 12.7. The Morgan fingerprint density at radius 3 is 2.42 bits per heavy atom. The summed E-state index contributed by atoms with van der Waals surface area (Å²) >= 11 is 0. The van der Waals surface area contributed by atoms with Gasteiger partial charge in [0, 0.05) is 14.1 Å². The summed E-state index contributed by atoms with van der Waals surface area (Å²) in [5.74, 6) is -1.57. The van der Waals surface area contributed by atoms with Gasteiger partial charge in [-0.1, -0.05) is 24.3 Å². The smallest absolute Gasteiger partial charge is 0.348 e. The molecule has 0 amide bonds. The van der Waals surface area contributed by atoms with E-state index >= 15 is 0 Å². The second-order valence-electron chi connectivity index (χ2n) is 6.73. The molecule has 0 bridgehead atoms. The van der Waals surface area contributed by atoms with Gasteiger partial charge in [-0.25, -0.2) is 13.2 Å². The first-order valence-electron chi connectivity index (χ1n) is 9.90. The van der Waals surface area contributed by atoms with E-state index in [2.05, 4.69) is 9.71 Å². The van der Waals surface area contributed by atoms with Crippen molar-refractivity contribution in [1.29, 1.82) is 0 Å². The molecular formula is C21H27N5O6S. The zero-order valence-electron chi connectivity index (χ0n) is 18.5. The number of nitrogens with two attached hydrogens (primary N) is 2. The molecule has 2 aromatic carbocycles. The largest absolute Gasteiger partial charge is 0.492 e. The van der Waals surface area contributed by atoms with Crippen LogP contribution in [0.25, 0.3) is 0 Å². The fourth-order valence-electron chi connectivity index (χ4n) is 2.86. The summed E-state index contributed by atoms with van der Waals surface area (Å²) in [7, 11) is -0.889. The van der Waals surface area contributed by atoms with Gasteiger partial charge in [-0.3, -0.25) is 9.79 Å². The van der Waals surface area contributed by atoms with Gasteiger partial charge in [0.15, 0.2) is 5.96 Å². The van der Waals surface area contributed by atoms with Crippen molar-refractivity contribution < 1.29 is 27.5 Å². The van der Waals surface area contributed by atoms with E-state index in [1.54, 1.807) is 44.3 Å². The highest BCUT2D eigenvalue weighted by molar-refractivity contribution is 7.89. The molecule has 0 saturated heterocycles. The zero-order chi connectivity index (χ0) is 24.6. The third-order valence-electron chi connectivity index (χ3n) is 4.38. The van der Waals surface area contributed by atoms with E-state index in [0.29, 0.717) is 12.4 Å². The van der Waals surface area contributed by atoms with Crippen molar-refractivity contribution in [3.8, 4) is 5.75 Å². The first-order chi connectivity index (χ1) is 15.6. The maximum absolute atomic E-state index is 12.8. The van der Waals surface area contributed by atoms with E-state index in [1.807, 2.05) is 0 Å². The van der Waals surface area contributed by atoms with E-state index in [-0.39, 0.29) is 22.1 Å². The van der Waals surface area contributed by atoms with Crippen LogP contribution in [0.5, 0.6) is 5.75 Å². The van der Waals surface area contributed by atoms with E-state index in [9.17, 15) is 18.0 Å². The Labute approximate surface area is 192 Å². The van der Waals surface area contributed by atoms with Gasteiger partial charge in [0.1, 0.15) is 11.4 Å². The number of guanidine groups is 1. The summed E-state index contributed by atoms with van der Waals surface area (Å²) in [5.41, 5.74) is 11.9. The Balaban J connectivity index is 2.16. The minimum absolute atomic E-state index is 0.00170. The fourth-order valence-corrected chi connectivity index (χ4v) is 3.99. The summed E-state index contributed by atoms with van der Waals surface area (Å²) in [6, 6.07) is 12.1. The fraction of sp³-hybridized carbons (Fsp3) is 0.286. The maximum atomic E-state index is 12.8. The number of ether oxygens (including phenoxy) is 2. The van der Waals surface area contributed by atoms with Crippen LogP contribution in [0.1, 0.15) is 23.7 Å². The summed E-state index contributed by atoms with van der Waals surface area (Å²) in [4.78, 5) is 30.3. The van der Waals surface area contributed by atoms with Crippen LogP contribution < -0.4 is 25.8 Å². The number of aliphatic imine (C=N–C) groups is 1. The lowest BCUT2D eigenvalue weighted by molar-refractivity contribution is -0.138. The summed E-state index contributed by atoms with van der Waals surface area (Å²) in [6.07, 6.45) is -1.89. The molecule has 11 nitrogen and oxygen atoms in total. The van der Waals surface area contributed by atoms with Crippen molar-refractivity contribution in [3.05, 3.63) is 54.1 Å². The number of nitrogens with one attached hydrogen (secondary N) is 1. The van der Waals surface area contributed by atoms with Gasteiger partial charge in [-0.15, -0.1) is 0 Å². The van der Waals surface area contributed by atoms with Crippen molar-refractivity contribution in [2.45, 2.75) is 24.4 Å². The third-order valence-corrected chi connectivity index (χ3v) is 5.89. The van der Waals surface area contributed by atoms with Gasteiger partial charge in [-0.2, -0.15) is 4.72 Å². The molecule has 0 aromatic heterocycles. The number of anilines is 1. The van der Waals surface area contributed by atoms with Gasteiger partial charge in [0.2, 0.25) is 10.0 Å². The van der Waals surface area contributed by atoms with Crippen LogP contribution in [0.2, 0.25) is 0 Å². The van der Waals surface area contributed by atoms with Gasteiger partial charge in [-0.05, 0) is 31.2 Å². The Morgan fingerprint density at radius 2 is 1.82 bits per heavy atom. The van der Waals surface area contributed by atoms with Crippen LogP contribution in [0.15, 0.2) is 58.4 Å². The van der Waals surface area contributed by atoms with Gasteiger partial charge in [0.25, 0.3) is 0 Å². The predicted molar refractivity (Wildman–Crippen MR) is 123 cm³/mol. The van der Waals surface area contributed by atoms with Crippen LogP contribution in [0, 0.1) is 0 Å². The molecule has 2 rings (SSSR count). The Bertz CT molecular complexity index is 1120. The molecule has 0 heterocycles. The first-order valence-corrected chi connectivity index (χ1v) is 11.4. The lowest BCUT2D eigenvalue weighted by Gasteiger charge is -2.23. The lowest BCUT2D eigenvalue weighted by Crippen LogP contribution is -2.43. The molecule has 0 aliphatic heterocycles. The number of para-hydroxylation sites is 1. The lowest BCUT2D eigenvalue weighted by atomic mass is 10.1. The number of hydrogen-bond donors (Lipinski definition) is 3. The van der Waals surface area contributed by atoms with Crippen molar-refractivity contribution in [2.75, 3.05) is 25.6 Å². The monoisotopic (exact) mass is 477 g/mol. The molecule has 0 radical (unpaired) electrons. The first kappa shape index (κ1) is 25.8. The van der Waals surface area contributed by atoms with E-state index < -0.39 is 34.5 Å². The van der Waals surface area contributed by atoms with Crippen LogP contribution in [-0.4, -0.2) is 53.2 Å². The summed E-state index contributed by atoms with van der Waals surface area (Å²) in [6.45, 7) is 2.09. The standard InChI is InChI=1S/C21H27N5O6S/c1-4-31-16-12-8-11-15(19(16)26(3)21(23)24-2)20(28)32-18(27)13-17(22)25-33(29,30)14-9-6-5-7-10-14/h5-12,17,25H,4,13,22H2,1-3H3,(H2,23,24). The van der Waals surface area contributed by atoms with Crippen molar-refractivity contribution >= 4 is 33.6 Å². The van der Waals surface area contributed by atoms with Crippen LogP contribution >= 0.6 is 0 Å². The average molecular weight is 478 g/mol. The van der Waals surface area contributed by atoms with Gasteiger partial charge in [0.05, 0.1) is 29.7 Å². The number of carbonyl (C=O) groups excluding carboxylic acids is 2. The van der Waals surface area contributed by atoms with Crippen LogP contribution in [0.4, 0.5) is 5.69 Å². The Kier molecular flexibility index (Phi) is 8.91. The number of esters is 2. The second kappa shape index (κ2) is 11.4. The Hall–Kier alpha value is -3.48. The summed E-state index contributed by atoms with van der Waals surface area (Å²) < 4.78 is 37.3. The number of hydrogen-bond acceptors (Lipinski definition) is 8. The molecule has 2 aromatic rings. The van der Waals surface area contributed by atoms with Crippen LogP contribution in [0.3, 0.4) is 0 Å². The van der Waals surface area contributed by atoms with E-state index in [4.69, 9.17) is 20.9 Å². The molecule has 0 aliphatic rings. The Morgan fingerprint density at radius 1 is 1.15 bits per heavy atom. The number of benzene rings is 2. The molecule has 0 aliphatic carbocycles. The predicted octanol–water partition coefficient (Wildman–Crippen LogP) is 0.803.